The molecule has 0 atom stereocenters. The molecule has 1 heterocycles. The van der Waals surface area contributed by atoms with Gasteiger partial charge in [-0.15, -0.1) is 11.3 Å². The maximum atomic E-state index is 14.3. The summed E-state index contributed by atoms with van der Waals surface area (Å²) in [7, 11) is 0. The molecule has 0 amide bonds. The minimum atomic E-state index is -0.204. The van der Waals surface area contributed by atoms with Crippen molar-refractivity contribution in [2.45, 2.75) is 63.8 Å². The molecule has 132 valence electrons. The Balaban J connectivity index is 1.80. The van der Waals surface area contributed by atoms with Crippen LogP contribution in [0.15, 0.2) is 39.7 Å². The largest absolute Gasteiger partial charge is 0.254 e. The van der Waals surface area contributed by atoms with Gasteiger partial charge in [-0.3, -0.25) is 4.99 Å². The lowest BCUT2D eigenvalue weighted by Crippen LogP contribution is -2.19. The summed E-state index contributed by atoms with van der Waals surface area (Å²) in [5.41, 5.74) is 2.63. The van der Waals surface area contributed by atoms with Crippen LogP contribution in [0.3, 0.4) is 0 Å². The van der Waals surface area contributed by atoms with Crippen molar-refractivity contribution in [3.8, 4) is 11.3 Å². The summed E-state index contributed by atoms with van der Waals surface area (Å²) in [6.45, 7) is 0. The first-order chi connectivity index (χ1) is 12.3. The maximum absolute atomic E-state index is 14.3. The highest BCUT2D eigenvalue weighted by atomic mass is 32.1. The standard InChI is InChI=1S/C20H24FN3S/c21-18-13-7-6-12-17(18)19-14-25-20(22-15-8-2-1-3-9-15)24(19)23-16-10-4-5-11-16/h6-7,12-15H,1-5,8-11H2. The van der Waals surface area contributed by atoms with Crippen LogP contribution in [0, 0.1) is 5.82 Å². The molecule has 5 heteroatoms. The lowest BCUT2D eigenvalue weighted by atomic mass is 9.96. The van der Waals surface area contributed by atoms with Crippen molar-refractivity contribution in [1.29, 1.82) is 0 Å². The van der Waals surface area contributed by atoms with E-state index in [9.17, 15) is 4.39 Å². The van der Waals surface area contributed by atoms with Crippen molar-refractivity contribution >= 4 is 17.0 Å². The number of rotatable bonds is 3. The fourth-order valence-corrected chi connectivity index (χ4v) is 4.62. The van der Waals surface area contributed by atoms with Gasteiger partial charge in [0, 0.05) is 16.7 Å². The number of hydrogen-bond donors (Lipinski definition) is 0. The molecule has 0 unspecified atom stereocenters. The summed E-state index contributed by atoms with van der Waals surface area (Å²) in [5.74, 6) is -0.204. The predicted molar refractivity (Wildman–Crippen MR) is 101 cm³/mol. The number of halogens is 1. The van der Waals surface area contributed by atoms with Gasteiger partial charge in [-0.1, -0.05) is 31.4 Å². The molecule has 2 aliphatic rings. The quantitative estimate of drug-likeness (QED) is 0.707. The van der Waals surface area contributed by atoms with E-state index >= 15 is 0 Å². The lowest BCUT2D eigenvalue weighted by molar-refractivity contribution is 0.435. The van der Waals surface area contributed by atoms with Crippen molar-refractivity contribution in [1.82, 2.24) is 4.68 Å². The molecule has 25 heavy (non-hydrogen) atoms. The zero-order valence-corrected chi connectivity index (χ0v) is 15.3. The number of thiazole rings is 1. The van der Waals surface area contributed by atoms with Crippen LogP contribution >= 0.6 is 11.3 Å². The normalized spacial score (nSPS) is 19.6. The van der Waals surface area contributed by atoms with E-state index in [1.54, 1.807) is 17.4 Å². The highest BCUT2D eigenvalue weighted by molar-refractivity contribution is 7.07. The van der Waals surface area contributed by atoms with Gasteiger partial charge in [-0.05, 0) is 50.7 Å². The Morgan fingerprint density at radius 1 is 1.00 bits per heavy atom. The van der Waals surface area contributed by atoms with E-state index in [1.807, 2.05) is 22.2 Å². The number of nitrogens with zero attached hydrogens (tertiary/aromatic N) is 3. The first kappa shape index (κ1) is 16.7. The molecule has 1 aromatic heterocycles. The van der Waals surface area contributed by atoms with Gasteiger partial charge in [0.15, 0.2) is 0 Å². The molecular formula is C20H24FN3S. The molecule has 0 N–H and O–H groups in total. The second kappa shape index (κ2) is 7.65. The van der Waals surface area contributed by atoms with Crippen LogP contribution in [0.2, 0.25) is 0 Å². The molecule has 0 radical (unpaired) electrons. The fourth-order valence-electron chi connectivity index (χ4n) is 3.73. The van der Waals surface area contributed by atoms with Crippen LogP contribution in [0.25, 0.3) is 11.3 Å². The Morgan fingerprint density at radius 3 is 2.52 bits per heavy atom. The van der Waals surface area contributed by atoms with Gasteiger partial charge in [0.25, 0.3) is 0 Å². The van der Waals surface area contributed by atoms with E-state index in [0.717, 1.165) is 36.2 Å². The van der Waals surface area contributed by atoms with E-state index in [2.05, 4.69) is 0 Å². The second-order valence-corrected chi connectivity index (χ2v) is 7.83. The first-order valence-electron chi connectivity index (χ1n) is 9.37. The van der Waals surface area contributed by atoms with Crippen LogP contribution in [-0.4, -0.2) is 16.4 Å². The maximum Gasteiger partial charge on any atom is 0.206 e. The lowest BCUT2D eigenvalue weighted by Gasteiger charge is -2.17. The van der Waals surface area contributed by atoms with Gasteiger partial charge in [0.1, 0.15) is 5.82 Å². The molecule has 0 bridgehead atoms. The minimum absolute atomic E-state index is 0.204. The molecule has 2 aliphatic carbocycles. The SMILES string of the molecule is Fc1ccccc1-c1csc(=NC2CCCCC2)n1N=C1CCCC1. The molecule has 0 saturated heterocycles. The van der Waals surface area contributed by atoms with Crippen LogP contribution in [0.4, 0.5) is 4.39 Å². The fraction of sp³-hybridized carbons (Fsp3) is 0.500. The third kappa shape index (κ3) is 3.76. The smallest absolute Gasteiger partial charge is 0.206 e. The topological polar surface area (TPSA) is 29.6 Å². The molecule has 0 spiro atoms. The molecule has 3 nitrogen and oxygen atoms in total. The Bertz CT molecular complexity index is 819. The zero-order valence-electron chi connectivity index (χ0n) is 14.5. The monoisotopic (exact) mass is 357 g/mol. The molecule has 1 aromatic carbocycles. The number of benzene rings is 1. The second-order valence-electron chi connectivity index (χ2n) is 6.99. The third-order valence-corrected chi connectivity index (χ3v) is 5.96. The van der Waals surface area contributed by atoms with E-state index in [1.165, 1.54) is 43.9 Å². The Labute approximate surface area is 151 Å². The number of aromatic nitrogens is 1. The zero-order chi connectivity index (χ0) is 17.1. The van der Waals surface area contributed by atoms with Gasteiger partial charge >= 0.3 is 0 Å². The Kier molecular flexibility index (Phi) is 5.11. The molecular weight excluding hydrogens is 333 g/mol. The average Bonchev–Trinajstić information content (AvgIpc) is 3.28. The third-order valence-electron chi connectivity index (χ3n) is 5.12. The highest BCUT2D eigenvalue weighted by Gasteiger charge is 2.17. The Hall–Kier alpha value is -1.75. The summed E-state index contributed by atoms with van der Waals surface area (Å²) in [6, 6.07) is 7.33. The highest BCUT2D eigenvalue weighted by Crippen LogP contribution is 2.25. The van der Waals surface area contributed by atoms with Crippen molar-refractivity contribution in [3.63, 3.8) is 0 Å². The summed E-state index contributed by atoms with van der Waals surface area (Å²) >= 11 is 1.58. The van der Waals surface area contributed by atoms with E-state index in [4.69, 9.17) is 10.1 Å². The summed E-state index contributed by atoms with van der Waals surface area (Å²) in [6.07, 6.45) is 10.6. The summed E-state index contributed by atoms with van der Waals surface area (Å²) < 4.78 is 16.3. The van der Waals surface area contributed by atoms with E-state index in [0.29, 0.717) is 11.6 Å². The minimum Gasteiger partial charge on any atom is -0.254 e. The van der Waals surface area contributed by atoms with Crippen molar-refractivity contribution in [3.05, 3.63) is 40.3 Å². The Morgan fingerprint density at radius 2 is 1.76 bits per heavy atom. The molecule has 2 saturated carbocycles. The van der Waals surface area contributed by atoms with Gasteiger partial charge in [0.05, 0.1) is 11.7 Å². The average molecular weight is 357 g/mol. The van der Waals surface area contributed by atoms with Crippen molar-refractivity contribution < 1.29 is 4.39 Å². The molecule has 0 aliphatic heterocycles. The summed E-state index contributed by atoms with van der Waals surface area (Å²) in [4.78, 5) is 5.89. The van der Waals surface area contributed by atoms with E-state index < -0.39 is 0 Å². The summed E-state index contributed by atoms with van der Waals surface area (Å²) in [5, 5.41) is 6.88. The van der Waals surface area contributed by atoms with Gasteiger partial charge < -0.3 is 0 Å². The van der Waals surface area contributed by atoms with Gasteiger partial charge in [-0.25, -0.2) is 9.07 Å². The molecule has 4 rings (SSSR count). The van der Waals surface area contributed by atoms with Crippen molar-refractivity contribution in [2.24, 2.45) is 10.1 Å². The van der Waals surface area contributed by atoms with Crippen LogP contribution < -0.4 is 4.80 Å². The van der Waals surface area contributed by atoms with Crippen LogP contribution in [0.1, 0.15) is 57.8 Å². The predicted octanol–water partition coefficient (Wildman–Crippen LogP) is 5.37. The molecule has 2 aromatic rings. The van der Waals surface area contributed by atoms with Crippen LogP contribution in [-0.2, 0) is 0 Å². The van der Waals surface area contributed by atoms with Crippen molar-refractivity contribution in [2.75, 3.05) is 0 Å². The van der Waals surface area contributed by atoms with Crippen LogP contribution in [0.5, 0.6) is 0 Å². The number of hydrogen-bond acceptors (Lipinski definition) is 3. The van der Waals surface area contributed by atoms with E-state index in [-0.39, 0.29) is 5.82 Å². The molecule has 2 fully saturated rings. The first-order valence-corrected chi connectivity index (χ1v) is 10.3. The van der Waals surface area contributed by atoms with Gasteiger partial charge in [0.2, 0.25) is 4.80 Å². The van der Waals surface area contributed by atoms with Gasteiger partial charge in [-0.2, -0.15) is 5.10 Å².